The van der Waals surface area contributed by atoms with Crippen molar-refractivity contribution < 1.29 is 0 Å². The summed E-state index contributed by atoms with van der Waals surface area (Å²) in [7, 11) is 0. The fourth-order valence-electron chi connectivity index (χ4n) is 3.29. The molecule has 112 valence electrons. The summed E-state index contributed by atoms with van der Waals surface area (Å²) in [5, 5.41) is 2.75. The Kier molecular flexibility index (Phi) is 3.35. The summed E-state index contributed by atoms with van der Waals surface area (Å²) < 4.78 is 0. The van der Waals surface area contributed by atoms with Crippen LogP contribution in [0.1, 0.15) is 34.6 Å². The van der Waals surface area contributed by atoms with Crippen LogP contribution in [0.2, 0.25) is 0 Å². The summed E-state index contributed by atoms with van der Waals surface area (Å²) in [4.78, 5) is 5.05. The van der Waals surface area contributed by atoms with Crippen molar-refractivity contribution in [2.24, 2.45) is 5.41 Å². The fraction of sp³-hybridized carbons (Fsp3) is 0.474. The minimum atomic E-state index is 0.289. The number of benzene rings is 2. The van der Waals surface area contributed by atoms with Gasteiger partial charge in [-0.25, -0.2) is 0 Å². The normalized spacial score (nSPS) is 15.1. The second kappa shape index (κ2) is 4.94. The molecule has 0 fully saturated rings. The lowest BCUT2D eigenvalue weighted by atomic mass is 9.94. The van der Waals surface area contributed by atoms with Gasteiger partial charge in [0, 0.05) is 29.3 Å². The Morgan fingerprint density at radius 2 is 1.62 bits per heavy atom. The molecule has 2 heteroatoms. The Labute approximate surface area is 128 Å². The third-order valence-electron chi connectivity index (χ3n) is 4.12. The summed E-state index contributed by atoms with van der Waals surface area (Å²) in [6.07, 6.45) is 0. The van der Waals surface area contributed by atoms with Crippen LogP contribution in [0.3, 0.4) is 0 Å². The topological polar surface area (TPSA) is 6.48 Å². The van der Waals surface area contributed by atoms with E-state index < -0.39 is 0 Å². The molecule has 0 amide bonds. The summed E-state index contributed by atoms with van der Waals surface area (Å²) in [5.41, 5.74) is 3.05. The lowest BCUT2D eigenvalue weighted by Crippen LogP contribution is -2.47. The minimum Gasteiger partial charge on any atom is -0.353 e. The molecule has 3 rings (SSSR count). The van der Waals surface area contributed by atoms with Gasteiger partial charge in [0.2, 0.25) is 0 Å². The van der Waals surface area contributed by atoms with Gasteiger partial charge in [-0.3, -0.25) is 0 Å². The summed E-state index contributed by atoms with van der Waals surface area (Å²) >= 11 is 0. The minimum absolute atomic E-state index is 0.289. The van der Waals surface area contributed by atoms with Gasteiger partial charge in [-0.15, -0.1) is 0 Å². The maximum atomic E-state index is 2.54. The Morgan fingerprint density at radius 3 is 2.19 bits per heavy atom. The average Bonchev–Trinajstić information content (AvgIpc) is 2.40. The van der Waals surface area contributed by atoms with E-state index in [2.05, 4.69) is 80.8 Å². The van der Waals surface area contributed by atoms with Gasteiger partial charge in [0.15, 0.2) is 0 Å². The van der Waals surface area contributed by atoms with Crippen LogP contribution < -0.4 is 9.80 Å². The smallest absolute Gasteiger partial charge is 0.0906 e. The maximum Gasteiger partial charge on any atom is 0.0906 e. The van der Waals surface area contributed by atoms with Crippen LogP contribution >= 0.6 is 0 Å². The van der Waals surface area contributed by atoms with Crippen molar-refractivity contribution in [3.05, 3.63) is 36.4 Å². The van der Waals surface area contributed by atoms with E-state index >= 15 is 0 Å². The molecule has 0 N–H and O–H groups in total. The van der Waals surface area contributed by atoms with E-state index in [0.29, 0.717) is 6.04 Å². The maximum absolute atomic E-state index is 2.54. The van der Waals surface area contributed by atoms with Crippen molar-refractivity contribution in [2.45, 2.75) is 40.7 Å². The Bertz CT molecular complexity index is 647. The molecular weight excluding hydrogens is 256 g/mol. The second-order valence-corrected chi connectivity index (χ2v) is 7.62. The summed E-state index contributed by atoms with van der Waals surface area (Å²) in [6.45, 7) is 13.5. The van der Waals surface area contributed by atoms with Gasteiger partial charge >= 0.3 is 0 Å². The van der Waals surface area contributed by atoms with Crippen LogP contribution in [0, 0.1) is 5.41 Å². The molecule has 2 nitrogen and oxygen atoms in total. The molecule has 0 saturated heterocycles. The third kappa shape index (κ3) is 2.59. The molecule has 0 unspecified atom stereocenters. The molecule has 0 spiro atoms. The van der Waals surface area contributed by atoms with Gasteiger partial charge in [-0.1, -0.05) is 45.0 Å². The van der Waals surface area contributed by atoms with Gasteiger partial charge in [0.05, 0.1) is 6.67 Å². The molecule has 0 atom stereocenters. The first-order valence-electron chi connectivity index (χ1n) is 7.90. The van der Waals surface area contributed by atoms with Gasteiger partial charge < -0.3 is 9.80 Å². The molecule has 0 aromatic heterocycles. The number of rotatable bonds is 2. The van der Waals surface area contributed by atoms with E-state index in [4.69, 9.17) is 0 Å². The van der Waals surface area contributed by atoms with Crippen LogP contribution in [0.4, 0.5) is 11.4 Å². The first kappa shape index (κ1) is 14.2. The Morgan fingerprint density at radius 1 is 1.00 bits per heavy atom. The zero-order chi connectivity index (χ0) is 15.2. The van der Waals surface area contributed by atoms with E-state index in [1.807, 2.05) is 0 Å². The monoisotopic (exact) mass is 282 g/mol. The summed E-state index contributed by atoms with van der Waals surface area (Å²) in [6, 6.07) is 13.8. The molecule has 0 bridgehead atoms. The highest BCUT2D eigenvalue weighted by atomic mass is 15.3. The van der Waals surface area contributed by atoms with Crippen LogP contribution in [0.5, 0.6) is 0 Å². The Balaban J connectivity index is 2.19. The van der Waals surface area contributed by atoms with Crippen LogP contribution in [-0.2, 0) is 0 Å². The van der Waals surface area contributed by atoms with Crippen molar-refractivity contribution in [3.63, 3.8) is 0 Å². The van der Waals surface area contributed by atoms with Gasteiger partial charge in [-0.05, 0) is 36.8 Å². The lowest BCUT2D eigenvalue weighted by Gasteiger charge is -2.43. The highest BCUT2D eigenvalue weighted by Gasteiger charge is 2.27. The molecule has 0 aliphatic carbocycles. The quantitative estimate of drug-likeness (QED) is 0.774. The number of nitrogens with zero attached hydrogens (tertiary/aromatic N) is 2. The van der Waals surface area contributed by atoms with E-state index in [9.17, 15) is 0 Å². The third-order valence-corrected chi connectivity index (χ3v) is 4.12. The predicted octanol–water partition coefficient (Wildman–Crippen LogP) is 4.88. The van der Waals surface area contributed by atoms with Crippen molar-refractivity contribution in [1.82, 2.24) is 0 Å². The largest absolute Gasteiger partial charge is 0.353 e. The highest BCUT2D eigenvalue weighted by molar-refractivity contribution is 6.05. The van der Waals surface area contributed by atoms with E-state index in [1.165, 1.54) is 22.1 Å². The Hall–Kier alpha value is -1.70. The van der Waals surface area contributed by atoms with Crippen LogP contribution in [0.25, 0.3) is 10.8 Å². The van der Waals surface area contributed by atoms with Gasteiger partial charge in [0.25, 0.3) is 0 Å². The highest BCUT2D eigenvalue weighted by Crippen LogP contribution is 2.40. The second-order valence-electron chi connectivity index (χ2n) is 7.62. The fourth-order valence-corrected chi connectivity index (χ4v) is 3.29. The molecular formula is C19H26N2. The molecule has 1 aliphatic rings. The number of hydrogen-bond donors (Lipinski definition) is 0. The zero-order valence-electron chi connectivity index (χ0n) is 13.9. The molecule has 2 aromatic rings. The first-order chi connectivity index (χ1) is 9.87. The molecule has 0 radical (unpaired) electrons. The standard InChI is InChI=1S/C19H26N2/c1-14(2)21-13-20(12-19(3,4)5)16-10-6-8-15-9-7-11-17(21)18(15)16/h6-11,14H,12-13H2,1-5H3. The lowest BCUT2D eigenvalue weighted by molar-refractivity contribution is 0.406. The van der Waals surface area contributed by atoms with Crippen molar-refractivity contribution in [3.8, 4) is 0 Å². The van der Waals surface area contributed by atoms with Crippen molar-refractivity contribution in [1.29, 1.82) is 0 Å². The number of anilines is 2. The van der Waals surface area contributed by atoms with Crippen molar-refractivity contribution in [2.75, 3.05) is 23.0 Å². The van der Waals surface area contributed by atoms with E-state index in [1.54, 1.807) is 0 Å². The average molecular weight is 282 g/mol. The molecule has 1 aliphatic heterocycles. The first-order valence-corrected chi connectivity index (χ1v) is 7.90. The van der Waals surface area contributed by atoms with E-state index in [-0.39, 0.29) is 5.41 Å². The van der Waals surface area contributed by atoms with Gasteiger partial charge in [-0.2, -0.15) is 0 Å². The van der Waals surface area contributed by atoms with E-state index in [0.717, 1.165) is 13.2 Å². The molecule has 21 heavy (non-hydrogen) atoms. The molecule has 1 heterocycles. The van der Waals surface area contributed by atoms with Gasteiger partial charge in [0.1, 0.15) is 0 Å². The number of hydrogen-bond acceptors (Lipinski definition) is 2. The van der Waals surface area contributed by atoms with Crippen LogP contribution in [-0.4, -0.2) is 19.3 Å². The zero-order valence-corrected chi connectivity index (χ0v) is 13.9. The SMILES string of the molecule is CC(C)N1CN(CC(C)(C)C)c2cccc3cccc1c23. The summed E-state index contributed by atoms with van der Waals surface area (Å²) in [5.74, 6) is 0. The molecule has 2 aromatic carbocycles. The predicted molar refractivity (Wildman–Crippen MR) is 93.2 cm³/mol. The van der Waals surface area contributed by atoms with Crippen molar-refractivity contribution >= 4 is 22.1 Å². The molecule has 0 saturated carbocycles. The van der Waals surface area contributed by atoms with Crippen LogP contribution in [0.15, 0.2) is 36.4 Å².